The van der Waals surface area contributed by atoms with Gasteiger partial charge in [-0.25, -0.2) is 4.39 Å². The van der Waals surface area contributed by atoms with Crippen molar-refractivity contribution in [1.82, 2.24) is 9.80 Å². The van der Waals surface area contributed by atoms with Gasteiger partial charge in [-0.05, 0) is 36.2 Å². The number of likely N-dealkylation sites (tertiary alicyclic amines) is 1. The van der Waals surface area contributed by atoms with E-state index in [1.54, 1.807) is 47.4 Å². The average Bonchev–Trinajstić information content (AvgIpc) is 3.20. The monoisotopic (exact) mass is 330 g/mol. The lowest BCUT2D eigenvalue weighted by molar-refractivity contribution is -0.141. The van der Waals surface area contributed by atoms with E-state index in [4.69, 9.17) is 4.42 Å². The maximum atomic E-state index is 13.0. The average molecular weight is 330 g/mol. The molecule has 0 spiro atoms. The molecule has 3 rings (SSSR count). The smallest absolute Gasteiger partial charge is 0.245 e. The van der Waals surface area contributed by atoms with Gasteiger partial charge >= 0.3 is 0 Å². The van der Waals surface area contributed by atoms with Crippen molar-refractivity contribution < 1.29 is 18.4 Å². The number of furan rings is 1. The van der Waals surface area contributed by atoms with Crippen LogP contribution in [0.25, 0.3) is 0 Å². The van der Waals surface area contributed by atoms with E-state index in [-0.39, 0.29) is 17.6 Å². The van der Waals surface area contributed by atoms with E-state index in [1.807, 2.05) is 0 Å². The molecule has 1 saturated heterocycles. The molecule has 1 aromatic heterocycles. The molecule has 0 bridgehead atoms. The highest BCUT2D eigenvalue weighted by atomic mass is 19.1. The van der Waals surface area contributed by atoms with Crippen LogP contribution in [-0.4, -0.2) is 34.7 Å². The summed E-state index contributed by atoms with van der Waals surface area (Å²) in [5, 5.41) is 0. The van der Waals surface area contributed by atoms with Gasteiger partial charge in [0.05, 0.1) is 12.8 Å². The predicted octanol–water partition coefficient (Wildman–Crippen LogP) is 2.57. The SMILES string of the molecule is CN(Cc1ccco1)C(=O)[C@@H]1CCC(=O)N1Cc1ccc(F)cc1. The topological polar surface area (TPSA) is 53.8 Å². The van der Waals surface area contributed by atoms with Gasteiger partial charge in [-0.3, -0.25) is 9.59 Å². The molecule has 2 aromatic rings. The Morgan fingerprint density at radius 1 is 1.33 bits per heavy atom. The summed E-state index contributed by atoms with van der Waals surface area (Å²) in [5.74, 6) is 0.209. The van der Waals surface area contributed by atoms with Crippen LogP contribution in [0.5, 0.6) is 0 Å². The summed E-state index contributed by atoms with van der Waals surface area (Å²) < 4.78 is 18.3. The largest absolute Gasteiger partial charge is 0.467 e. The van der Waals surface area contributed by atoms with Crippen molar-refractivity contribution in [3.63, 3.8) is 0 Å². The molecule has 2 heterocycles. The van der Waals surface area contributed by atoms with E-state index < -0.39 is 6.04 Å². The van der Waals surface area contributed by atoms with Crippen LogP contribution in [-0.2, 0) is 22.7 Å². The van der Waals surface area contributed by atoms with E-state index in [0.717, 1.165) is 5.56 Å². The van der Waals surface area contributed by atoms with Gasteiger partial charge in [-0.15, -0.1) is 0 Å². The number of rotatable bonds is 5. The van der Waals surface area contributed by atoms with Crippen LogP contribution >= 0.6 is 0 Å². The Kier molecular flexibility index (Phi) is 4.64. The summed E-state index contributed by atoms with van der Waals surface area (Å²) in [5.41, 5.74) is 0.804. The quantitative estimate of drug-likeness (QED) is 0.847. The zero-order valence-corrected chi connectivity index (χ0v) is 13.4. The lowest BCUT2D eigenvalue weighted by Crippen LogP contribution is -2.44. The fourth-order valence-corrected chi connectivity index (χ4v) is 2.94. The molecule has 0 unspecified atom stereocenters. The highest BCUT2D eigenvalue weighted by Crippen LogP contribution is 2.23. The van der Waals surface area contributed by atoms with Gasteiger partial charge in [0.2, 0.25) is 11.8 Å². The number of benzene rings is 1. The second-order valence-corrected chi connectivity index (χ2v) is 5.98. The van der Waals surface area contributed by atoms with Crippen molar-refractivity contribution >= 4 is 11.8 Å². The first-order chi connectivity index (χ1) is 11.5. The molecule has 1 aromatic carbocycles. The normalized spacial score (nSPS) is 17.3. The van der Waals surface area contributed by atoms with Crippen molar-refractivity contribution in [2.45, 2.75) is 32.0 Å². The van der Waals surface area contributed by atoms with Crippen LogP contribution in [0, 0.1) is 5.82 Å². The molecule has 0 radical (unpaired) electrons. The molecule has 1 aliphatic heterocycles. The Labute approximate surface area is 139 Å². The summed E-state index contributed by atoms with van der Waals surface area (Å²) in [6.45, 7) is 0.672. The van der Waals surface area contributed by atoms with Crippen LogP contribution in [0.3, 0.4) is 0 Å². The second kappa shape index (κ2) is 6.86. The van der Waals surface area contributed by atoms with Gasteiger partial charge in [0.25, 0.3) is 0 Å². The first-order valence-corrected chi connectivity index (χ1v) is 7.86. The van der Waals surface area contributed by atoms with E-state index >= 15 is 0 Å². The maximum absolute atomic E-state index is 13.0. The number of hydrogen-bond donors (Lipinski definition) is 0. The van der Waals surface area contributed by atoms with Crippen LogP contribution in [0.4, 0.5) is 4.39 Å². The third-order valence-corrected chi connectivity index (χ3v) is 4.23. The molecule has 0 aliphatic carbocycles. The number of carbonyl (C=O) groups is 2. The molecule has 5 nitrogen and oxygen atoms in total. The first-order valence-electron chi connectivity index (χ1n) is 7.86. The maximum Gasteiger partial charge on any atom is 0.245 e. The number of hydrogen-bond acceptors (Lipinski definition) is 3. The van der Waals surface area contributed by atoms with Crippen molar-refractivity contribution in [2.24, 2.45) is 0 Å². The van der Waals surface area contributed by atoms with E-state index in [9.17, 15) is 14.0 Å². The van der Waals surface area contributed by atoms with Crippen molar-refractivity contribution in [3.8, 4) is 0 Å². The third kappa shape index (κ3) is 3.48. The van der Waals surface area contributed by atoms with Gasteiger partial charge in [0, 0.05) is 20.0 Å². The van der Waals surface area contributed by atoms with Gasteiger partial charge in [0.15, 0.2) is 0 Å². The summed E-state index contributed by atoms with van der Waals surface area (Å²) >= 11 is 0. The standard InChI is InChI=1S/C18H19FN2O3/c1-20(12-15-3-2-10-24-15)18(23)16-8-9-17(22)21(16)11-13-4-6-14(19)7-5-13/h2-7,10,16H,8-9,11-12H2,1H3/t16-/m0/s1. The number of likely N-dealkylation sites (N-methyl/N-ethyl adjacent to an activating group) is 1. The van der Waals surface area contributed by atoms with Crippen LogP contribution < -0.4 is 0 Å². The van der Waals surface area contributed by atoms with Gasteiger partial charge < -0.3 is 14.2 Å². The molecule has 126 valence electrons. The number of amides is 2. The molecule has 0 saturated carbocycles. The van der Waals surface area contributed by atoms with E-state index in [0.29, 0.717) is 31.7 Å². The van der Waals surface area contributed by atoms with Crippen molar-refractivity contribution in [1.29, 1.82) is 0 Å². The molecule has 2 amide bonds. The fourth-order valence-electron chi connectivity index (χ4n) is 2.94. The molecule has 1 fully saturated rings. The fraction of sp³-hybridized carbons (Fsp3) is 0.333. The summed E-state index contributed by atoms with van der Waals surface area (Å²) in [6, 6.07) is 9.07. The number of carbonyl (C=O) groups excluding carboxylic acids is 2. The zero-order valence-electron chi connectivity index (χ0n) is 13.4. The van der Waals surface area contributed by atoms with Gasteiger partial charge in [-0.1, -0.05) is 12.1 Å². The minimum Gasteiger partial charge on any atom is -0.467 e. The lowest BCUT2D eigenvalue weighted by atomic mass is 10.1. The Morgan fingerprint density at radius 3 is 2.75 bits per heavy atom. The van der Waals surface area contributed by atoms with Crippen molar-refractivity contribution in [2.75, 3.05) is 7.05 Å². The number of nitrogens with zero attached hydrogens (tertiary/aromatic N) is 2. The minimum atomic E-state index is -0.484. The van der Waals surface area contributed by atoms with Crippen LogP contribution in [0.1, 0.15) is 24.2 Å². The molecule has 0 N–H and O–H groups in total. The molecular formula is C18H19FN2O3. The summed E-state index contributed by atoms with van der Waals surface area (Å²) in [4.78, 5) is 28.0. The van der Waals surface area contributed by atoms with Crippen molar-refractivity contribution in [3.05, 3.63) is 59.8 Å². The third-order valence-electron chi connectivity index (χ3n) is 4.23. The zero-order chi connectivity index (χ0) is 17.1. The second-order valence-electron chi connectivity index (χ2n) is 5.98. The molecular weight excluding hydrogens is 311 g/mol. The molecule has 1 atom stereocenters. The Hall–Kier alpha value is -2.63. The number of halogens is 1. The predicted molar refractivity (Wildman–Crippen MR) is 85.2 cm³/mol. The Morgan fingerprint density at radius 2 is 2.08 bits per heavy atom. The molecule has 1 aliphatic rings. The molecule has 6 heteroatoms. The highest BCUT2D eigenvalue weighted by Gasteiger charge is 2.37. The minimum absolute atomic E-state index is 0.0518. The summed E-state index contributed by atoms with van der Waals surface area (Å²) in [7, 11) is 1.70. The van der Waals surface area contributed by atoms with Crippen LogP contribution in [0.15, 0.2) is 47.1 Å². The Bertz CT molecular complexity index is 712. The van der Waals surface area contributed by atoms with E-state index in [2.05, 4.69) is 0 Å². The highest BCUT2D eigenvalue weighted by molar-refractivity contribution is 5.90. The molecule has 24 heavy (non-hydrogen) atoms. The lowest BCUT2D eigenvalue weighted by Gasteiger charge is -2.27. The van der Waals surface area contributed by atoms with Gasteiger partial charge in [-0.2, -0.15) is 0 Å². The van der Waals surface area contributed by atoms with Gasteiger partial charge in [0.1, 0.15) is 17.6 Å². The van der Waals surface area contributed by atoms with Crippen LogP contribution in [0.2, 0.25) is 0 Å². The summed E-state index contributed by atoms with van der Waals surface area (Å²) in [6.07, 6.45) is 2.42. The first kappa shape index (κ1) is 16.2. The van der Waals surface area contributed by atoms with E-state index in [1.165, 1.54) is 12.1 Å². The Balaban J connectivity index is 1.69.